The third kappa shape index (κ3) is 11.0. The maximum absolute atomic E-state index is 14.0. The van der Waals surface area contributed by atoms with Crippen molar-refractivity contribution in [1.29, 1.82) is 0 Å². The maximum atomic E-state index is 14.0. The van der Waals surface area contributed by atoms with E-state index in [0.717, 1.165) is 48.5 Å². The highest BCUT2D eigenvalue weighted by molar-refractivity contribution is 7.87. The summed E-state index contributed by atoms with van der Waals surface area (Å²) in [5, 5.41) is 0. The van der Waals surface area contributed by atoms with Gasteiger partial charge in [0.05, 0.1) is 24.3 Å². The van der Waals surface area contributed by atoms with Crippen LogP contribution in [0.5, 0.6) is 23.0 Å². The fourth-order valence-corrected chi connectivity index (χ4v) is 11.5. The molecule has 0 saturated carbocycles. The number of nitrogens with zero attached hydrogens (tertiary/aromatic N) is 2. The summed E-state index contributed by atoms with van der Waals surface area (Å²) in [7, 11) is -10.3. The molecule has 0 radical (unpaired) electrons. The Bertz CT molecular complexity index is 3540. The van der Waals surface area contributed by atoms with Crippen LogP contribution in [0, 0.1) is 58.2 Å². The number of ether oxygens (including phenoxy) is 2. The number of carbonyl (C=O) groups is 2. The van der Waals surface area contributed by atoms with Crippen LogP contribution in [-0.4, -0.2) is 55.0 Å². The topological polar surface area (TPSA) is 146 Å². The van der Waals surface area contributed by atoms with Gasteiger partial charge in [-0.25, -0.2) is 26.3 Å². The molecule has 30 heteroatoms. The van der Waals surface area contributed by atoms with Crippen LogP contribution in [0.4, 0.5) is 81.6 Å². The van der Waals surface area contributed by atoms with Crippen LogP contribution in [-0.2, 0) is 42.2 Å². The molecule has 0 bridgehead atoms. The lowest BCUT2D eigenvalue weighted by Gasteiger charge is -2.30. The van der Waals surface area contributed by atoms with Crippen molar-refractivity contribution >= 4 is 43.4 Å². The van der Waals surface area contributed by atoms with Gasteiger partial charge in [-0.1, -0.05) is 24.3 Å². The molecule has 6 aromatic rings. The average Bonchev–Trinajstić information content (AvgIpc) is 4.14. The van der Waals surface area contributed by atoms with E-state index in [1.54, 1.807) is 0 Å². The normalized spacial score (nSPS) is 17.4. The standard InChI is InChI=1S/2C26H17F8NO5S/c2*27-20-21(28)23(30)25(24(31)22(20)29)40-41(37,38)13-4-6-16-14(7-9-39-18(16)11-13)15-5-3-12(26(32,33)34)10-17(15)35-8-1-2-19(35)36/h2*3-6,10-11,14H,1-2,7-9H2/t2*14-/m10/s1. The van der Waals surface area contributed by atoms with Crippen molar-refractivity contribution in [3.05, 3.63) is 164 Å². The van der Waals surface area contributed by atoms with Crippen molar-refractivity contribution in [3.63, 3.8) is 0 Å². The van der Waals surface area contributed by atoms with Crippen molar-refractivity contribution in [1.82, 2.24) is 0 Å². The molecule has 6 aromatic carbocycles. The largest absolute Gasteiger partial charge is 0.493 e. The predicted molar refractivity (Wildman–Crippen MR) is 251 cm³/mol. The van der Waals surface area contributed by atoms with E-state index >= 15 is 0 Å². The molecule has 0 aromatic heterocycles. The van der Waals surface area contributed by atoms with Crippen LogP contribution >= 0.6 is 0 Å². The summed E-state index contributed by atoms with van der Waals surface area (Å²) in [6, 6.07) is 12.1. The molecule has 0 aliphatic carbocycles. The van der Waals surface area contributed by atoms with E-state index in [0.29, 0.717) is 35.1 Å². The van der Waals surface area contributed by atoms with Gasteiger partial charge >= 0.3 is 32.6 Å². The van der Waals surface area contributed by atoms with E-state index in [9.17, 15) is 96.7 Å². The van der Waals surface area contributed by atoms with E-state index in [-0.39, 0.29) is 86.7 Å². The zero-order chi connectivity index (χ0) is 59.7. The first kappa shape index (κ1) is 58.9. The Labute approximate surface area is 452 Å². The monoisotopic (exact) mass is 1210 g/mol. The molecule has 2 fully saturated rings. The van der Waals surface area contributed by atoms with Crippen molar-refractivity contribution < 1.29 is 115 Å². The van der Waals surface area contributed by atoms with Gasteiger partial charge in [-0.15, -0.1) is 0 Å². The highest BCUT2D eigenvalue weighted by Crippen LogP contribution is 2.48. The lowest BCUT2D eigenvalue weighted by Crippen LogP contribution is -2.27. The molecule has 436 valence electrons. The minimum Gasteiger partial charge on any atom is -0.493 e. The number of hydrogen-bond donors (Lipinski definition) is 0. The van der Waals surface area contributed by atoms with E-state index in [4.69, 9.17) is 9.47 Å². The number of carbonyl (C=O) groups excluding carboxylic acids is 2. The van der Waals surface area contributed by atoms with Gasteiger partial charge in [0.2, 0.25) is 81.5 Å². The number of amides is 2. The number of rotatable bonds is 10. The molecule has 10 rings (SSSR count). The molecule has 4 heterocycles. The second-order valence-electron chi connectivity index (χ2n) is 18.5. The van der Waals surface area contributed by atoms with Crippen molar-refractivity contribution in [3.8, 4) is 23.0 Å². The third-order valence-corrected chi connectivity index (χ3v) is 16.0. The number of hydrogen-bond acceptors (Lipinski definition) is 10. The van der Waals surface area contributed by atoms with E-state index in [1.165, 1.54) is 34.1 Å². The zero-order valence-corrected chi connectivity index (χ0v) is 42.6. The first-order valence-corrected chi connectivity index (χ1v) is 26.7. The van der Waals surface area contributed by atoms with Crippen LogP contribution in [0.2, 0.25) is 0 Å². The van der Waals surface area contributed by atoms with Crippen LogP contribution in [0.15, 0.2) is 82.6 Å². The van der Waals surface area contributed by atoms with Gasteiger partial charge < -0.3 is 27.6 Å². The fraction of sp³-hybridized carbons (Fsp3) is 0.269. The Morgan fingerprint density at radius 3 is 1.06 bits per heavy atom. The van der Waals surface area contributed by atoms with E-state index < -0.39 is 135 Å². The van der Waals surface area contributed by atoms with Crippen LogP contribution in [0.25, 0.3) is 0 Å². The summed E-state index contributed by atoms with van der Waals surface area (Å²) >= 11 is 0. The number of halogens is 16. The second kappa shape index (κ2) is 21.9. The molecule has 0 N–H and O–H groups in total. The van der Waals surface area contributed by atoms with Gasteiger partial charge in [-0.3, -0.25) is 9.59 Å². The Balaban J connectivity index is 0.000000198. The maximum Gasteiger partial charge on any atom is 0.416 e. The third-order valence-electron chi connectivity index (χ3n) is 13.5. The molecular weight excluding hydrogens is 1180 g/mol. The molecule has 82 heavy (non-hydrogen) atoms. The number of fused-ring (bicyclic) bond motifs is 2. The Kier molecular flexibility index (Phi) is 15.7. The number of alkyl halides is 6. The minimum absolute atomic E-state index is 0.0337. The smallest absolute Gasteiger partial charge is 0.416 e. The molecule has 2 saturated heterocycles. The molecule has 2 atom stereocenters. The molecule has 4 aliphatic rings. The number of anilines is 2. The van der Waals surface area contributed by atoms with Gasteiger partial charge in [0.1, 0.15) is 21.3 Å². The fourth-order valence-electron chi connectivity index (χ4n) is 9.63. The van der Waals surface area contributed by atoms with Gasteiger partial charge in [-0.05, 0) is 73.2 Å². The van der Waals surface area contributed by atoms with Crippen LogP contribution in [0.3, 0.4) is 0 Å². The van der Waals surface area contributed by atoms with Crippen molar-refractivity contribution in [2.75, 3.05) is 36.1 Å². The average molecular weight is 1210 g/mol. The lowest BCUT2D eigenvalue weighted by atomic mass is 9.85. The Hall–Kier alpha value is -7.76. The summed E-state index contributed by atoms with van der Waals surface area (Å²) < 4.78 is 288. The van der Waals surface area contributed by atoms with Crippen LogP contribution < -0.4 is 27.6 Å². The van der Waals surface area contributed by atoms with Gasteiger partial charge in [0.15, 0.2) is 0 Å². The molecule has 0 unspecified atom stereocenters. The zero-order valence-electron chi connectivity index (χ0n) is 41.0. The van der Waals surface area contributed by atoms with Crippen molar-refractivity contribution in [2.24, 2.45) is 0 Å². The SMILES string of the molecule is O=C1CCCN1c1cc(C(F)(F)F)ccc1[C@@H]1CCOc2cc(S(=O)(=O)Oc3c(F)c(F)c(F)c(F)c3F)ccc21.O=C1CCCN1c1cc(C(F)(F)F)ccc1[C@H]1CCOc2cc(S(=O)(=O)Oc3c(F)c(F)c(F)c(F)c3F)ccc21. The summed E-state index contributed by atoms with van der Waals surface area (Å²) in [5.74, 6) is -30.9. The highest BCUT2D eigenvalue weighted by Gasteiger charge is 2.40. The summed E-state index contributed by atoms with van der Waals surface area (Å²) in [6.07, 6.45) is -7.67. The summed E-state index contributed by atoms with van der Waals surface area (Å²) in [5.41, 5.74) is -0.488. The quantitative estimate of drug-likeness (QED) is 0.0562. The van der Waals surface area contributed by atoms with E-state index in [1.807, 2.05) is 0 Å². The predicted octanol–water partition coefficient (Wildman–Crippen LogP) is 12.4. The van der Waals surface area contributed by atoms with Crippen LogP contribution in [0.1, 0.15) is 83.7 Å². The Morgan fingerprint density at radius 2 is 0.756 bits per heavy atom. The highest BCUT2D eigenvalue weighted by atomic mass is 32.2. The molecule has 4 aliphatic heterocycles. The minimum atomic E-state index is -5.16. The molecular formula is C52H34F16N2O10S2. The van der Waals surface area contributed by atoms with Gasteiger partial charge in [0, 0.05) is 72.4 Å². The summed E-state index contributed by atoms with van der Waals surface area (Å²) in [6.45, 7) is 0.340. The van der Waals surface area contributed by atoms with Gasteiger partial charge in [0.25, 0.3) is 0 Å². The van der Waals surface area contributed by atoms with E-state index in [2.05, 4.69) is 8.37 Å². The molecule has 0 spiro atoms. The molecule has 12 nitrogen and oxygen atoms in total. The molecule has 2 amide bonds. The van der Waals surface area contributed by atoms with Gasteiger partial charge in [-0.2, -0.15) is 60.7 Å². The Morgan fingerprint density at radius 1 is 0.439 bits per heavy atom. The summed E-state index contributed by atoms with van der Waals surface area (Å²) in [4.78, 5) is 25.9. The lowest BCUT2D eigenvalue weighted by molar-refractivity contribution is -0.138. The number of benzene rings is 6. The first-order valence-electron chi connectivity index (χ1n) is 23.9. The second-order valence-corrected chi connectivity index (χ2v) is 21.6. The first-order chi connectivity index (χ1) is 38.4. The van der Waals surface area contributed by atoms with Crippen molar-refractivity contribution in [2.45, 2.75) is 72.5 Å².